The van der Waals surface area contributed by atoms with Crippen LogP contribution in [0.5, 0.6) is 0 Å². The maximum atomic E-state index is 13.2. The summed E-state index contributed by atoms with van der Waals surface area (Å²) in [5.41, 5.74) is 2.90. The van der Waals surface area contributed by atoms with Crippen LogP contribution in [0.25, 0.3) is 22.7 Å². The number of pyridine rings is 1. The van der Waals surface area contributed by atoms with Gasteiger partial charge < -0.3 is 15.0 Å². The molecule has 1 aromatic carbocycles. The number of fused-ring (bicyclic) bond motifs is 1. The van der Waals surface area contributed by atoms with Gasteiger partial charge in [-0.1, -0.05) is 32.4 Å². The number of aromatic nitrogens is 5. The fourth-order valence-electron chi connectivity index (χ4n) is 4.98. The summed E-state index contributed by atoms with van der Waals surface area (Å²) in [6.45, 7) is 8.20. The molecule has 3 aromatic heterocycles. The van der Waals surface area contributed by atoms with E-state index < -0.39 is 17.7 Å². The number of rotatable bonds is 8. The number of hydrogen-bond acceptors (Lipinski definition) is 6. The topological polar surface area (TPSA) is 106 Å². The Bertz CT molecular complexity index is 1560. The van der Waals surface area contributed by atoms with Gasteiger partial charge in [0.2, 0.25) is 5.82 Å². The number of nitrogens with zero attached hydrogens (tertiary/aromatic N) is 5. The highest BCUT2D eigenvalue weighted by Crippen LogP contribution is 2.35. The van der Waals surface area contributed by atoms with Gasteiger partial charge in [-0.3, -0.25) is 0 Å². The van der Waals surface area contributed by atoms with Crippen molar-refractivity contribution in [3.05, 3.63) is 64.6 Å². The SMILES string of the molecule is Cc1cc(C(C)C)cc(-c2nc3nc(C(=O)O)nc(N[C@H](C)C4CCC4)c3n2Cc2ccc(C(F)(F)F)cc2)n1. The van der Waals surface area contributed by atoms with Gasteiger partial charge in [-0.15, -0.1) is 0 Å². The molecule has 0 unspecified atom stereocenters. The quantitative estimate of drug-likeness (QED) is 0.251. The van der Waals surface area contributed by atoms with E-state index in [2.05, 4.69) is 29.1 Å². The Morgan fingerprint density at radius 3 is 2.35 bits per heavy atom. The van der Waals surface area contributed by atoms with Crippen molar-refractivity contribution in [3.63, 3.8) is 0 Å². The second kappa shape index (κ2) is 10.5. The molecule has 11 heteroatoms. The number of aryl methyl sites for hydroxylation is 1. The lowest BCUT2D eigenvalue weighted by Crippen LogP contribution is -2.31. The normalized spacial score (nSPS) is 14.9. The predicted octanol–water partition coefficient (Wildman–Crippen LogP) is 6.69. The van der Waals surface area contributed by atoms with Crippen LogP contribution in [0.1, 0.15) is 79.0 Å². The third-order valence-electron chi connectivity index (χ3n) is 7.51. The average molecular weight is 553 g/mol. The highest BCUT2D eigenvalue weighted by molar-refractivity contribution is 5.92. The standard InChI is InChI=1S/C29H31F3N6O2/c1-15(2)20-12-16(3)33-22(13-20)27-37-25-23(38(27)14-18-8-10-21(11-9-18)29(30,31)32)24(35-26(36-25)28(39)40)34-17(4)19-6-5-7-19/h8-13,15,17,19H,5-7,14H2,1-4H3,(H,39,40)(H,34,35,36)/t17-/m1/s1. The van der Waals surface area contributed by atoms with Gasteiger partial charge >= 0.3 is 12.1 Å². The van der Waals surface area contributed by atoms with Gasteiger partial charge in [0.15, 0.2) is 17.3 Å². The molecule has 1 atom stereocenters. The minimum Gasteiger partial charge on any atom is -0.475 e. The summed E-state index contributed by atoms with van der Waals surface area (Å²) in [4.78, 5) is 30.0. The monoisotopic (exact) mass is 552 g/mol. The Kier molecular flexibility index (Phi) is 7.24. The fourth-order valence-corrected chi connectivity index (χ4v) is 4.98. The molecule has 0 aliphatic heterocycles. The molecule has 1 aliphatic rings. The van der Waals surface area contributed by atoms with E-state index in [4.69, 9.17) is 9.97 Å². The lowest BCUT2D eigenvalue weighted by molar-refractivity contribution is -0.137. The van der Waals surface area contributed by atoms with Gasteiger partial charge in [0.05, 0.1) is 5.56 Å². The smallest absolute Gasteiger partial charge is 0.416 e. The van der Waals surface area contributed by atoms with Crippen molar-refractivity contribution >= 4 is 23.0 Å². The summed E-state index contributed by atoms with van der Waals surface area (Å²) < 4.78 is 41.4. The van der Waals surface area contributed by atoms with Crippen LogP contribution in [0.3, 0.4) is 0 Å². The molecule has 8 nitrogen and oxygen atoms in total. The number of carboxylic acid groups (broad SMARTS) is 1. The Balaban J connectivity index is 1.71. The minimum atomic E-state index is -4.44. The number of hydrogen-bond donors (Lipinski definition) is 2. The van der Waals surface area contributed by atoms with Crippen LogP contribution < -0.4 is 5.32 Å². The van der Waals surface area contributed by atoms with Crippen molar-refractivity contribution in [2.75, 3.05) is 5.32 Å². The van der Waals surface area contributed by atoms with Gasteiger partial charge in [-0.05, 0) is 73.9 Å². The predicted molar refractivity (Wildman–Crippen MR) is 145 cm³/mol. The van der Waals surface area contributed by atoms with Crippen LogP contribution in [0.15, 0.2) is 36.4 Å². The minimum absolute atomic E-state index is 0.0241. The zero-order valence-corrected chi connectivity index (χ0v) is 22.8. The first-order valence-corrected chi connectivity index (χ1v) is 13.3. The van der Waals surface area contributed by atoms with Gasteiger partial charge in [-0.25, -0.2) is 24.7 Å². The molecule has 0 saturated heterocycles. The van der Waals surface area contributed by atoms with Gasteiger partial charge in [-0.2, -0.15) is 13.2 Å². The van der Waals surface area contributed by atoms with E-state index in [9.17, 15) is 23.1 Å². The van der Waals surface area contributed by atoms with E-state index in [1.54, 1.807) is 0 Å². The first-order valence-electron chi connectivity index (χ1n) is 13.3. The Hall–Kier alpha value is -4.02. The third kappa shape index (κ3) is 5.50. The van der Waals surface area contributed by atoms with E-state index >= 15 is 0 Å². The van der Waals surface area contributed by atoms with Crippen molar-refractivity contribution in [1.82, 2.24) is 24.5 Å². The number of carboxylic acids is 1. The molecule has 40 heavy (non-hydrogen) atoms. The average Bonchev–Trinajstić information content (AvgIpc) is 3.20. The van der Waals surface area contributed by atoms with E-state index in [0.717, 1.165) is 42.7 Å². The van der Waals surface area contributed by atoms with Crippen LogP contribution in [-0.4, -0.2) is 41.6 Å². The maximum Gasteiger partial charge on any atom is 0.416 e. The number of carbonyl (C=O) groups is 1. The summed E-state index contributed by atoms with van der Waals surface area (Å²) in [5, 5.41) is 13.1. The number of benzene rings is 1. The molecule has 0 radical (unpaired) electrons. The zero-order chi connectivity index (χ0) is 28.8. The lowest BCUT2D eigenvalue weighted by Gasteiger charge is -2.32. The zero-order valence-electron chi connectivity index (χ0n) is 22.8. The fraction of sp³-hybridized carbons (Fsp3) is 0.414. The van der Waals surface area contributed by atoms with Crippen LogP contribution in [0, 0.1) is 12.8 Å². The molecule has 0 amide bonds. The summed E-state index contributed by atoms with van der Waals surface area (Å²) in [7, 11) is 0. The second-order valence-corrected chi connectivity index (χ2v) is 10.8. The van der Waals surface area contributed by atoms with Crippen LogP contribution >= 0.6 is 0 Å². The first kappa shape index (κ1) is 27.5. The molecule has 3 heterocycles. The Morgan fingerprint density at radius 2 is 1.77 bits per heavy atom. The molecule has 2 N–H and O–H groups in total. The van der Waals surface area contributed by atoms with Crippen molar-refractivity contribution in [1.29, 1.82) is 0 Å². The van der Waals surface area contributed by atoms with Crippen LogP contribution in [0.4, 0.5) is 19.0 Å². The van der Waals surface area contributed by atoms with E-state index in [1.807, 2.05) is 30.5 Å². The summed E-state index contributed by atoms with van der Waals surface area (Å²) in [6.07, 6.45) is -1.17. The molecule has 0 spiro atoms. The van der Waals surface area contributed by atoms with E-state index in [0.29, 0.717) is 34.3 Å². The number of halogens is 3. The van der Waals surface area contributed by atoms with Crippen molar-refractivity contribution in [2.45, 2.75) is 71.6 Å². The van der Waals surface area contributed by atoms with Crippen LogP contribution in [-0.2, 0) is 12.7 Å². The van der Waals surface area contributed by atoms with Crippen molar-refractivity contribution < 1.29 is 23.1 Å². The van der Waals surface area contributed by atoms with Crippen LogP contribution in [0.2, 0.25) is 0 Å². The van der Waals surface area contributed by atoms with Gasteiger partial charge in [0, 0.05) is 18.3 Å². The second-order valence-electron chi connectivity index (χ2n) is 10.8. The Morgan fingerprint density at radius 1 is 1.07 bits per heavy atom. The van der Waals surface area contributed by atoms with Gasteiger partial charge in [0.1, 0.15) is 11.2 Å². The summed E-state index contributed by atoms with van der Waals surface area (Å²) >= 11 is 0. The molecule has 5 rings (SSSR count). The third-order valence-corrected chi connectivity index (χ3v) is 7.51. The molecule has 1 fully saturated rings. The number of aromatic carboxylic acids is 1. The van der Waals surface area contributed by atoms with E-state index in [1.165, 1.54) is 12.1 Å². The molecular weight excluding hydrogens is 521 g/mol. The largest absolute Gasteiger partial charge is 0.475 e. The van der Waals surface area contributed by atoms with Crippen molar-refractivity contribution in [3.8, 4) is 11.5 Å². The highest BCUT2D eigenvalue weighted by Gasteiger charge is 2.31. The summed E-state index contributed by atoms with van der Waals surface area (Å²) in [5.74, 6) is -0.276. The van der Waals surface area contributed by atoms with E-state index in [-0.39, 0.29) is 30.0 Å². The van der Waals surface area contributed by atoms with Crippen molar-refractivity contribution in [2.24, 2.45) is 5.92 Å². The number of alkyl halides is 3. The molecular formula is C29H31F3N6O2. The molecule has 1 aliphatic carbocycles. The number of anilines is 1. The number of imidazole rings is 1. The van der Waals surface area contributed by atoms with Gasteiger partial charge in [0.25, 0.3) is 0 Å². The molecule has 1 saturated carbocycles. The molecule has 4 aromatic rings. The maximum absolute atomic E-state index is 13.2. The summed E-state index contributed by atoms with van der Waals surface area (Å²) in [6, 6.07) is 8.90. The lowest BCUT2D eigenvalue weighted by atomic mass is 9.80. The molecule has 210 valence electrons. The number of nitrogens with one attached hydrogen (secondary N) is 1. The molecule has 0 bridgehead atoms. The highest BCUT2D eigenvalue weighted by atomic mass is 19.4. The Labute approximate surface area is 229 Å². The first-order chi connectivity index (χ1) is 18.9.